The number of carbonyl (C=O) groups excluding carboxylic acids is 1. The molecule has 4 rings (SSSR count). The number of anilines is 1. The Balaban J connectivity index is 1.60. The summed E-state index contributed by atoms with van der Waals surface area (Å²) in [6.45, 7) is 1.96. The normalized spacial score (nSPS) is 10.8. The third-order valence-electron chi connectivity index (χ3n) is 4.47. The van der Waals surface area contributed by atoms with Gasteiger partial charge >= 0.3 is 0 Å². The molecular formula is C21H18N4O. The van der Waals surface area contributed by atoms with E-state index in [2.05, 4.69) is 15.3 Å². The highest BCUT2D eigenvalue weighted by Gasteiger charge is 2.10. The summed E-state index contributed by atoms with van der Waals surface area (Å²) in [6, 6.07) is 17.5. The molecule has 0 aliphatic carbocycles. The zero-order valence-corrected chi connectivity index (χ0v) is 14.6. The molecule has 0 atom stereocenters. The SMILES string of the molecule is Cc1nc2cc(NC(=O)c3cncc(-c4ccccc4)c3)ccc2n1C. The first-order valence-electron chi connectivity index (χ1n) is 8.37. The van der Waals surface area contributed by atoms with Crippen LogP contribution in [-0.2, 0) is 7.05 Å². The van der Waals surface area contributed by atoms with Crippen LogP contribution in [0, 0.1) is 6.92 Å². The molecule has 128 valence electrons. The molecule has 26 heavy (non-hydrogen) atoms. The number of hydrogen-bond donors (Lipinski definition) is 1. The van der Waals surface area contributed by atoms with Crippen molar-refractivity contribution in [3.8, 4) is 11.1 Å². The van der Waals surface area contributed by atoms with Gasteiger partial charge in [0.25, 0.3) is 5.91 Å². The Morgan fingerprint density at radius 1 is 1.00 bits per heavy atom. The van der Waals surface area contributed by atoms with Crippen LogP contribution in [0.5, 0.6) is 0 Å². The third-order valence-corrected chi connectivity index (χ3v) is 4.47. The molecule has 5 nitrogen and oxygen atoms in total. The Morgan fingerprint density at radius 3 is 2.62 bits per heavy atom. The number of aromatic nitrogens is 3. The van der Waals surface area contributed by atoms with Gasteiger partial charge in [-0.05, 0) is 36.8 Å². The summed E-state index contributed by atoms with van der Waals surface area (Å²) in [5, 5.41) is 2.93. The molecule has 2 aromatic heterocycles. The number of nitrogens with one attached hydrogen (secondary N) is 1. The van der Waals surface area contributed by atoms with Crippen LogP contribution in [0.2, 0.25) is 0 Å². The molecule has 5 heteroatoms. The molecule has 4 aromatic rings. The molecule has 0 fully saturated rings. The molecule has 0 bridgehead atoms. The Labute approximate surface area is 151 Å². The molecule has 0 saturated heterocycles. The zero-order chi connectivity index (χ0) is 18.1. The first-order chi connectivity index (χ1) is 12.6. The van der Waals surface area contributed by atoms with Gasteiger partial charge in [0, 0.05) is 30.7 Å². The van der Waals surface area contributed by atoms with Crippen molar-refractivity contribution in [1.82, 2.24) is 14.5 Å². The molecule has 0 aliphatic rings. The van der Waals surface area contributed by atoms with E-state index in [1.807, 2.05) is 73.1 Å². The van der Waals surface area contributed by atoms with Crippen LogP contribution in [0.3, 0.4) is 0 Å². The van der Waals surface area contributed by atoms with Crippen LogP contribution in [0.15, 0.2) is 67.0 Å². The lowest BCUT2D eigenvalue weighted by Gasteiger charge is -2.07. The van der Waals surface area contributed by atoms with Crippen molar-refractivity contribution in [2.24, 2.45) is 7.05 Å². The summed E-state index contributed by atoms with van der Waals surface area (Å²) in [7, 11) is 1.98. The van der Waals surface area contributed by atoms with Crippen LogP contribution < -0.4 is 5.32 Å². The number of carbonyl (C=O) groups is 1. The minimum Gasteiger partial charge on any atom is -0.331 e. The number of nitrogens with zero attached hydrogens (tertiary/aromatic N) is 3. The van der Waals surface area contributed by atoms with Crippen molar-refractivity contribution in [1.29, 1.82) is 0 Å². The topological polar surface area (TPSA) is 59.8 Å². The van der Waals surface area contributed by atoms with Crippen molar-refractivity contribution in [3.05, 3.63) is 78.4 Å². The van der Waals surface area contributed by atoms with Gasteiger partial charge in [-0.2, -0.15) is 0 Å². The summed E-state index contributed by atoms with van der Waals surface area (Å²) in [5.41, 5.74) is 5.07. The second-order valence-corrected chi connectivity index (χ2v) is 6.20. The van der Waals surface area contributed by atoms with E-state index in [4.69, 9.17) is 0 Å². The van der Waals surface area contributed by atoms with Crippen molar-refractivity contribution in [2.75, 3.05) is 5.32 Å². The standard InChI is InChI=1S/C21H18N4O/c1-14-23-19-11-18(8-9-20(19)25(14)2)24-21(26)17-10-16(12-22-13-17)15-6-4-3-5-7-15/h3-13H,1-2H3,(H,24,26). The van der Waals surface area contributed by atoms with Gasteiger partial charge in [-0.15, -0.1) is 0 Å². The van der Waals surface area contributed by atoms with E-state index in [0.717, 1.165) is 28.0 Å². The number of amides is 1. The largest absolute Gasteiger partial charge is 0.331 e. The van der Waals surface area contributed by atoms with Gasteiger partial charge in [0.15, 0.2) is 0 Å². The molecule has 0 radical (unpaired) electrons. The van der Waals surface area contributed by atoms with Crippen LogP contribution in [0.4, 0.5) is 5.69 Å². The maximum Gasteiger partial charge on any atom is 0.257 e. The zero-order valence-electron chi connectivity index (χ0n) is 14.6. The summed E-state index contributed by atoms with van der Waals surface area (Å²) in [4.78, 5) is 21.3. The molecule has 0 aliphatic heterocycles. The van der Waals surface area contributed by atoms with E-state index in [0.29, 0.717) is 11.3 Å². The molecule has 1 N–H and O–H groups in total. The van der Waals surface area contributed by atoms with Gasteiger partial charge in [-0.25, -0.2) is 4.98 Å². The number of fused-ring (bicyclic) bond motifs is 1. The smallest absolute Gasteiger partial charge is 0.257 e. The second-order valence-electron chi connectivity index (χ2n) is 6.20. The molecular weight excluding hydrogens is 324 g/mol. The summed E-state index contributed by atoms with van der Waals surface area (Å²) in [6.07, 6.45) is 3.33. The van der Waals surface area contributed by atoms with Gasteiger partial charge in [-0.3, -0.25) is 9.78 Å². The molecule has 2 aromatic carbocycles. The molecule has 0 saturated carbocycles. The maximum atomic E-state index is 12.6. The minimum absolute atomic E-state index is 0.192. The van der Waals surface area contributed by atoms with Crippen molar-refractivity contribution < 1.29 is 4.79 Å². The first-order valence-corrected chi connectivity index (χ1v) is 8.37. The summed E-state index contributed by atoms with van der Waals surface area (Å²) in [5.74, 6) is 0.741. The molecule has 0 spiro atoms. The van der Waals surface area contributed by atoms with E-state index < -0.39 is 0 Å². The summed E-state index contributed by atoms with van der Waals surface area (Å²) < 4.78 is 2.02. The first kappa shape index (κ1) is 16.0. The summed E-state index contributed by atoms with van der Waals surface area (Å²) >= 11 is 0. The highest BCUT2D eigenvalue weighted by Crippen LogP contribution is 2.22. The Morgan fingerprint density at radius 2 is 1.81 bits per heavy atom. The minimum atomic E-state index is -0.192. The maximum absolute atomic E-state index is 12.6. The van der Waals surface area contributed by atoms with Crippen molar-refractivity contribution >= 4 is 22.6 Å². The van der Waals surface area contributed by atoms with Crippen LogP contribution >= 0.6 is 0 Å². The van der Waals surface area contributed by atoms with Crippen molar-refractivity contribution in [3.63, 3.8) is 0 Å². The number of imidazole rings is 1. The Bertz CT molecular complexity index is 1100. The molecule has 2 heterocycles. The highest BCUT2D eigenvalue weighted by atomic mass is 16.1. The number of hydrogen-bond acceptors (Lipinski definition) is 3. The highest BCUT2D eigenvalue weighted by molar-refractivity contribution is 6.05. The van der Waals surface area contributed by atoms with E-state index in [9.17, 15) is 4.79 Å². The Kier molecular flexibility index (Phi) is 3.97. The predicted molar refractivity (Wildman–Crippen MR) is 103 cm³/mol. The van der Waals surface area contributed by atoms with E-state index in [1.54, 1.807) is 12.4 Å². The molecule has 1 amide bonds. The van der Waals surface area contributed by atoms with Gasteiger partial charge in [-0.1, -0.05) is 30.3 Å². The lowest BCUT2D eigenvalue weighted by Crippen LogP contribution is -2.12. The van der Waals surface area contributed by atoms with Crippen LogP contribution in [-0.4, -0.2) is 20.4 Å². The number of benzene rings is 2. The van der Waals surface area contributed by atoms with Gasteiger partial charge in [0.1, 0.15) is 5.82 Å². The average Bonchev–Trinajstić information content (AvgIpc) is 2.96. The lowest BCUT2D eigenvalue weighted by molar-refractivity contribution is 0.102. The fourth-order valence-corrected chi connectivity index (χ4v) is 2.95. The van der Waals surface area contributed by atoms with Gasteiger partial charge in [0.05, 0.1) is 16.6 Å². The monoisotopic (exact) mass is 342 g/mol. The number of pyridine rings is 1. The van der Waals surface area contributed by atoms with Crippen molar-refractivity contribution in [2.45, 2.75) is 6.92 Å². The Hall–Kier alpha value is -3.47. The average molecular weight is 342 g/mol. The number of rotatable bonds is 3. The van der Waals surface area contributed by atoms with E-state index >= 15 is 0 Å². The third kappa shape index (κ3) is 2.95. The van der Waals surface area contributed by atoms with E-state index in [1.165, 1.54) is 0 Å². The van der Waals surface area contributed by atoms with Gasteiger partial charge in [0.2, 0.25) is 0 Å². The predicted octanol–water partition coefficient (Wildman–Crippen LogP) is 4.20. The lowest BCUT2D eigenvalue weighted by atomic mass is 10.1. The van der Waals surface area contributed by atoms with Crippen LogP contribution in [0.1, 0.15) is 16.2 Å². The number of aryl methyl sites for hydroxylation is 2. The van der Waals surface area contributed by atoms with Crippen LogP contribution in [0.25, 0.3) is 22.2 Å². The fraction of sp³-hybridized carbons (Fsp3) is 0.0952. The molecule has 0 unspecified atom stereocenters. The second kappa shape index (κ2) is 6.44. The van der Waals surface area contributed by atoms with E-state index in [-0.39, 0.29) is 5.91 Å². The fourth-order valence-electron chi connectivity index (χ4n) is 2.95. The quantitative estimate of drug-likeness (QED) is 0.607. The van der Waals surface area contributed by atoms with Gasteiger partial charge < -0.3 is 9.88 Å².